The van der Waals surface area contributed by atoms with E-state index in [9.17, 15) is 14.3 Å². The van der Waals surface area contributed by atoms with E-state index in [0.29, 0.717) is 22.2 Å². The predicted octanol–water partition coefficient (Wildman–Crippen LogP) is 2.84. The van der Waals surface area contributed by atoms with Crippen molar-refractivity contribution in [1.29, 1.82) is 0 Å². The largest absolute Gasteiger partial charge is 0.384 e. The highest BCUT2D eigenvalue weighted by Crippen LogP contribution is 2.31. The minimum Gasteiger partial charge on any atom is -0.384 e. The van der Waals surface area contributed by atoms with Gasteiger partial charge in [0, 0.05) is 5.56 Å². The molecule has 3 rings (SSSR count). The number of aliphatic hydroxyl groups excluding tert-OH is 1. The molecule has 0 aliphatic heterocycles. The van der Waals surface area contributed by atoms with Crippen LogP contribution < -0.4 is 5.69 Å². The number of hydrogen-bond acceptors (Lipinski definition) is 2. The van der Waals surface area contributed by atoms with Crippen LogP contribution in [0.3, 0.4) is 0 Å². The first-order valence-corrected chi connectivity index (χ1v) is 6.69. The Morgan fingerprint density at radius 1 is 1.15 bits per heavy atom. The van der Waals surface area contributed by atoms with Gasteiger partial charge in [0.2, 0.25) is 0 Å². The predicted molar refractivity (Wildman–Crippen MR) is 77.1 cm³/mol. The third kappa shape index (κ3) is 2.17. The summed E-state index contributed by atoms with van der Waals surface area (Å²) in [5, 5.41) is 10.4. The van der Waals surface area contributed by atoms with Crippen LogP contribution in [0.25, 0.3) is 11.0 Å². The summed E-state index contributed by atoms with van der Waals surface area (Å²) in [6.07, 6.45) is -0.983. The van der Waals surface area contributed by atoms with Gasteiger partial charge < -0.3 is 15.1 Å². The van der Waals surface area contributed by atoms with Crippen molar-refractivity contribution in [2.75, 3.05) is 0 Å². The van der Waals surface area contributed by atoms with E-state index >= 15 is 0 Å². The number of benzene rings is 2. The van der Waals surface area contributed by atoms with E-state index in [0.717, 1.165) is 0 Å². The highest BCUT2D eigenvalue weighted by atomic mass is 79.9. The zero-order valence-electron chi connectivity index (χ0n) is 10.2. The highest BCUT2D eigenvalue weighted by Gasteiger charge is 2.16. The lowest BCUT2D eigenvalue weighted by molar-refractivity contribution is 0.219. The summed E-state index contributed by atoms with van der Waals surface area (Å²) < 4.78 is 13.7. The van der Waals surface area contributed by atoms with E-state index in [4.69, 9.17) is 0 Å². The quantitative estimate of drug-likeness (QED) is 0.673. The topological polar surface area (TPSA) is 68.9 Å². The third-order valence-corrected chi connectivity index (χ3v) is 3.97. The average molecular weight is 337 g/mol. The Morgan fingerprint density at radius 3 is 2.70 bits per heavy atom. The van der Waals surface area contributed by atoms with Gasteiger partial charge in [0.25, 0.3) is 0 Å². The summed E-state index contributed by atoms with van der Waals surface area (Å²) in [4.78, 5) is 16.5. The van der Waals surface area contributed by atoms with Crippen molar-refractivity contribution in [3.8, 4) is 0 Å². The first-order valence-electron chi connectivity index (χ1n) is 5.90. The number of halogens is 2. The summed E-state index contributed by atoms with van der Waals surface area (Å²) in [6, 6.07) is 9.53. The lowest BCUT2D eigenvalue weighted by atomic mass is 10.0. The molecule has 4 nitrogen and oxygen atoms in total. The van der Waals surface area contributed by atoms with Crippen molar-refractivity contribution in [3.63, 3.8) is 0 Å². The molecule has 0 radical (unpaired) electrons. The molecule has 0 spiro atoms. The number of H-pyrrole nitrogens is 2. The van der Waals surface area contributed by atoms with E-state index in [1.807, 2.05) is 0 Å². The molecule has 3 aromatic rings. The van der Waals surface area contributed by atoms with Gasteiger partial charge in [-0.05, 0) is 39.7 Å². The molecule has 3 N–H and O–H groups in total. The number of aliphatic hydroxyl groups is 1. The fourth-order valence-electron chi connectivity index (χ4n) is 2.13. The van der Waals surface area contributed by atoms with Crippen molar-refractivity contribution in [3.05, 3.63) is 68.3 Å². The first kappa shape index (κ1) is 13.1. The van der Waals surface area contributed by atoms with Crippen molar-refractivity contribution < 1.29 is 9.50 Å². The molecule has 0 fully saturated rings. The van der Waals surface area contributed by atoms with E-state index < -0.39 is 11.9 Å². The number of fused-ring (bicyclic) bond motifs is 1. The van der Waals surface area contributed by atoms with Gasteiger partial charge in [0.05, 0.1) is 15.5 Å². The molecule has 0 aliphatic carbocycles. The Morgan fingerprint density at radius 2 is 1.90 bits per heavy atom. The molecule has 0 amide bonds. The minimum atomic E-state index is -0.983. The van der Waals surface area contributed by atoms with Crippen LogP contribution in [0, 0.1) is 5.82 Å². The standard InChI is InChI=1S/C14H10BrFN2O2/c15-12-8(2-1-3-9(12)16)13(19)7-4-5-10-11(6-7)18-14(20)17-10/h1-6,13,19H,(H2,17,18,20). The summed E-state index contributed by atoms with van der Waals surface area (Å²) in [6.45, 7) is 0. The van der Waals surface area contributed by atoms with Crippen LogP contribution in [0.1, 0.15) is 17.2 Å². The van der Waals surface area contributed by atoms with Crippen molar-refractivity contribution in [1.82, 2.24) is 9.97 Å². The Kier molecular flexibility index (Phi) is 3.19. The monoisotopic (exact) mass is 336 g/mol. The first-order chi connectivity index (χ1) is 9.56. The fraction of sp³-hybridized carbons (Fsp3) is 0.0714. The molecule has 1 heterocycles. The summed E-state index contributed by atoms with van der Waals surface area (Å²) in [5.41, 5.74) is 1.95. The molecule has 0 saturated carbocycles. The van der Waals surface area contributed by atoms with E-state index in [1.165, 1.54) is 12.1 Å². The Labute approximate surface area is 121 Å². The van der Waals surface area contributed by atoms with Crippen LogP contribution >= 0.6 is 15.9 Å². The van der Waals surface area contributed by atoms with Crippen LogP contribution in [0.5, 0.6) is 0 Å². The molecule has 1 unspecified atom stereocenters. The van der Waals surface area contributed by atoms with Gasteiger partial charge in [0.15, 0.2) is 0 Å². The molecule has 1 aromatic heterocycles. The van der Waals surface area contributed by atoms with E-state index in [-0.39, 0.29) is 10.2 Å². The highest BCUT2D eigenvalue weighted by molar-refractivity contribution is 9.10. The Balaban J connectivity index is 2.09. The van der Waals surface area contributed by atoms with Gasteiger partial charge in [-0.25, -0.2) is 9.18 Å². The van der Waals surface area contributed by atoms with Crippen LogP contribution in [-0.2, 0) is 0 Å². The number of imidazole rings is 1. The van der Waals surface area contributed by atoms with Gasteiger partial charge in [-0.15, -0.1) is 0 Å². The second kappa shape index (κ2) is 4.88. The maximum atomic E-state index is 13.5. The maximum Gasteiger partial charge on any atom is 0.323 e. The smallest absolute Gasteiger partial charge is 0.323 e. The van der Waals surface area contributed by atoms with E-state index in [2.05, 4.69) is 25.9 Å². The molecule has 0 saturated heterocycles. The molecule has 0 bridgehead atoms. The number of hydrogen-bond donors (Lipinski definition) is 3. The second-order valence-electron chi connectivity index (χ2n) is 4.43. The third-order valence-electron chi connectivity index (χ3n) is 3.13. The summed E-state index contributed by atoms with van der Waals surface area (Å²) >= 11 is 3.13. The van der Waals surface area contributed by atoms with Crippen molar-refractivity contribution >= 4 is 27.0 Å². The van der Waals surface area contributed by atoms with E-state index in [1.54, 1.807) is 24.3 Å². The minimum absolute atomic E-state index is 0.232. The number of rotatable bonds is 2. The molecule has 1 atom stereocenters. The molecular formula is C14H10BrFN2O2. The molecule has 20 heavy (non-hydrogen) atoms. The number of nitrogens with one attached hydrogen (secondary N) is 2. The van der Waals surface area contributed by atoms with Gasteiger partial charge in [0.1, 0.15) is 11.9 Å². The fourth-order valence-corrected chi connectivity index (χ4v) is 2.61. The zero-order valence-corrected chi connectivity index (χ0v) is 11.7. The van der Waals surface area contributed by atoms with Gasteiger partial charge in [-0.1, -0.05) is 18.2 Å². The normalized spacial score (nSPS) is 12.8. The molecular weight excluding hydrogens is 327 g/mol. The molecule has 2 aromatic carbocycles. The van der Waals surface area contributed by atoms with Gasteiger partial charge >= 0.3 is 5.69 Å². The lowest BCUT2D eigenvalue weighted by Gasteiger charge is -2.13. The molecule has 0 aliphatic rings. The van der Waals surface area contributed by atoms with Crippen LogP contribution in [0.15, 0.2) is 45.7 Å². The summed E-state index contributed by atoms with van der Waals surface area (Å²) in [5.74, 6) is -0.433. The lowest BCUT2D eigenvalue weighted by Crippen LogP contribution is -2.02. The molecule has 6 heteroatoms. The number of aromatic amines is 2. The van der Waals surface area contributed by atoms with Crippen LogP contribution in [-0.4, -0.2) is 15.1 Å². The van der Waals surface area contributed by atoms with Gasteiger partial charge in [-0.3, -0.25) is 0 Å². The Hall–Kier alpha value is -1.92. The SMILES string of the molecule is O=c1[nH]c2ccc(C(O)c3cccc(F)c3Br)cc2[nH]1. The Bertz CT molecular complexity index is 841. The van der Waals surface area contributed by atoms with Crippen molar-refractivity contribution in [2.45, 2.75) is 6.10 Å². The van der Waals surface area contributed by atoms with Crippen molar-refractivity contribution in [2.24, 2.45) is 0 Å². The second-order valence-corrected chi connectivity index (χ2v) is 5.22. The van der Waals surface area contributed by atoms with Crippen LogP contribution in [0.4, 0.5) is 4.39 Å². The zero-order chi connectivity index (χ0) is 14.3. The average Bonchev–Trinajstić information content (AvgIpc) is 2.80. The summed E-state index contributed by atoms with van der Waals surface area (Å²) in [7, 11) is 0. The molecule has 102 valence electrons. The van der Waals surface area contributed by atoms with Gasteiger partial charge in [-0.2, -0.15) is 0 Å². The maximum absolute atomic E-state index is 13.5. The van der Waals surface area contributed by atoms with Crippen LogP contribution in [0.2, 0.25) is 0 Å². The number of aromatic nitrogens is 2.